The lowest BCUT2D eigenvalue weighted by atomic mass is 9.77. The van der Waals surface area contributed by atoms with Crippen molar-refractivity contribution in [3.05, 3.63) is 48.5 Å². The van der Waals surface area contributed by atoms with Gasteiger partial charge in [0, 0.05) is 24.5 Å². The highest BCUT2D eigenvalue weighted by molar-refractivity contribution is 5.85. The van der Waals surface area contributed by atoms with Crippen molar-refractivity contribution in [1.29, 1.82) is 0 Å². The Morgan fingerprint density at radius 2 is 1.85 bits per heavy atom. The summed E-state index contributed by atoms with van der Waals surface area (Å²) >= 11 is 0. The van der Waals surface area contributed by atoms with Crippen LogP contribution in [-0.2, 0) is 9.59 Å². The first-order valence-corrected chi connectivity index (χ1v) is 9.61. The predicted molar refractivity (Wildman–Crippen MR) is 103 cm³/mol. The SMILES string of the molecule is CC(NC(=O)CC1(C(=O)O)CCCCCC1)c1ccc(-n2ccnc2)cc1. The molecule has 0 spiro atoms. The first-order chi connectivity index (χ1) is 13.0. The third-order valence-electron chi connectivity index (χ3n) is 5.59. The topological polar surface area (TPSA) is 84.2 Å². The van der Waals surface area contributed by atoms with Crippen LogP contribution in [0.3, 0.4) is 0 Å². The van der Waals surface area contributed by atoms with Gasteiger partial charge in [-0.05, 0) is 37.5 Å². The molecule has 1 fully saturated rings. The van der Waals surface area contributed by atoms with E-state index in [2.05, 4.69) is 10.3 Å². The number of carboxylic acid groups (broad SMARTS) is 1. The van der Waals surface area contributed by atoms with Crippen LogP contribution in [0.2, 0.25) is 0 Å². The quantitative estimate of drug-likeness (QED) is 0.757. The number of aromatic nitrogens is 2. The molecule has 2 aromatic rings. The van der Waals surface area contributed by atoms with Gasteiger partial charge >= 0.3 is 5.97 Å². The molecular weight excluding hydrogens is 342 g/mol. The summed E-state index contributed by atoms with van der Waals surface area (Å²) in [6.07, 6.45) is 10.4. The van der Waals surface area contributed by atoms with Gasteiger partial charge in [-0.25, -0.2) is 4.98 Å². The second-order valence-electron chi connectivity index (χ2n) is 7.53. The molecule has 3 rings (SSSR count). The number of rotatable bonds is 6. The van der Waals surface area contributed by atoms with Crippen molar-refractivity contribution >= 4 is 11.9 Å². The Hall–Kier alpha value is -2.63. The standard InChI is InChI=1S/C21H27N3O3/c1-16(17-6-8-18(9-7-17)24-13-12-22-15-24)23-19(25)14-21(20(26)27)10-4-2-3-5-11-21/h6-9,12-13,15-16H,2-5,10-11,14H2,1H3,(H,23,25)(H,26,27). The molecule has 1 unspecified atom stereocenters. The largest absolute Gasteiger partial charge is 0.481 e. The summed E-state index contributed by atoms with van der Waals surface area (Å²) in [5, 5.41) is 12.7. The lowest BCUT2D eigenvalue weighted by molar-refractivity contribution is -0.153. The Balaban J connectivity index is 1.63. The average Bonchev–Trinajstić information content (AvgIpc) is 3.08. The Labute approximate surface area is 159 Å². The minimum absolute atomic E-state index is 0.0554. The molecular formula is C21H27N3O3. The van der Waals surface area contributed by atoms with E-state index in [9.17, 15) is 14.7 Å². The summed E-state index contributed by atoms with van der Waals surface area (Å²) in [5.41, 5.74) is 1.07. The molecule has 0 saturated heterocycles. The number of amides is 1. The predicted octanol–water partition coefficient (Wildman–Crippen LogP) is 3.86. The van der Waals surface area contributed by atoms with E-state index >= 15 is 0 Å². The number of hydrogen-bond acceptors (Lipinski definition) is 3. The van der Waals surface area contributed by atoms with Crippen molar-refractivity contribution in [2.24, 2.45) is 5.41 Å². The van der Waals surface area contributed by atoms with Crippen LogP contribution in [0.5, 0.6) is 0 Å². The minimum Gasteiger partial charge on any atom is -0.481 e. The molecule has 6 heteroatoms. The van der Waals surface area contributed by atoms with Gasteiger partial charge in [0.2, 0.25) is 5.91 Å². The fourth-order valence-corrected chi connectivity index (χ4v) is 3.90. The summed E-state index contributed by atoms with van der Waals surface area (Å²) in [6.45, 7) is 1.92. The molecule has 0 radical (unpaired) electrons. The van der Waals surface area contributed by atoms with Crippen LogP contribution in [0.25, 0.3) is 5.69 Å². The molecule has 27 heavy (non-hydrogen) atoms. The number of carbonyl (C=O) groups excluding carboxylic acids is 1. The second-order valence-corrected chi connectivity index (χ2v) is 7.53. The van der Waals surface area contributed by atoms with Crippen molar-refractivity contribution in [3.63, 3.8) is 0 Å². The van der Waals surface area contributed by atoms with Crippen molar-refractivity contribution in [1.82, 2.24) is 14.9 Å². The van der Waals surface area contributed by atoms with Gasteiger partial charge in [-0.2, -0.15) is 0 Å². The van der Waals surface area contributed by atoms with Crippen LogP contribution in [0, 0.1) is 5.41 Å². The van der Waals surface area contributed by atoms with Gasteiger partial charge in [-0.1, -0.05) is 37.8 Å². The average molecular weight is 369 g/mol. The summed E-state index contributed by atoms with van der Waals surface area (Å²) < 4.78 is 1.91. The van der Waals surface area contributed by atoms with Gasteiger partial charge in [0.1, 0.15) is 0 Å². The second kappa shape index (κ2) is 8.37. The lowest BCUT2D eigenvalue weighted by Gasteiger charge is -2.28. The van der Waals surface area contributed by atoms with E-state index in [0.29, 0.717) is 12.8 Å². The van der Waals surface area contributed by atoms with E-state index in [1.54, 1.807) is 12.5 Å². The Morgan fingerprint density at radius 1 is 1.19 bits per heavy atom. The summed E-state index contributed by atoms with van der Waals surface area (Å²) in [4.78, 5) is 28.5. The molecule has 1 atom stereocenters. The first-order valence-electron chi connectivity index (χ1n) is 9.61. The van der Waals surface area contributed by atoms with Crippen molar-refractivity contribution in [2.45, 2.75) is 57.9 Å². The van der Waals surface area contributed by atoms with E-state index in [4.69, 9.17) is 0 Å². The highest BCUT2D eigenvalue weighted by Gasteiger charge is 2.40. The first kappa shape index (κ1) is 19.1. The molecule has 1 saturated carbocycles. The van der Waals surface area contributed by atoms with Crippen LogP contribution in [-0.4, -0.2) is 26.5 Å². The van der Waals surface area contributed by atoms with Crippen LogP contribution >= 0.6 is 0 Å². The van der Waals surface area contributed by atoms with Crippen LogP contribution in [0.4, 0.5) is 0 Å². The van der Waals surface area contributed by atoms with Gasteiger partial charge in [-0.15, -0.1) is 0 Å². The van der Waals surface area contributed by atoms with E-state index in [1.165, 1.54) is 0 Å². The lowest BCUT2D eigenvalue weighted by Crippen LogP contribution is -2.38. The fourth-order valence-electron chi connectivity index (χ4n) is 3.90. The molecule has 1 aromatic carbocycles. The van der Waals surface area contributed by atoms with E-state index in [-0.39, 0.29) is 18.4 Å². The van der Waals surface area contributed by atoms with E-state index in [1.807, 2.05) is 42.0 Å². The van der Waals surface area contributed by atoms with Gasteiger partial charge in [0.15, 0.2) is 0 Å². The number of imidazole rings is 1. The Bertz CT molecular complexity index is 760. The maximum absolute atomic E-state index is 12.6. The van der Waals surface area contributed by atoms with Gasteiger partial charge in [0.25, 0.3) is 0 Å². The molecule has 2 N–H and O–H groups in total. The van der Waals surface area contributed by atoms with Crippen molar-refractivity contribution < 1.29 is 14.7 Å². The molecule has 144 valence electrons. The van der Waals surface area contributed by atoms with Crippen LogP contribution in [0.1, 0.15) is 63.5 Å². The van der Waals surface area contributed by atoms with Crippen LogP contribution in [0.15, 0.2) is 43.0 Å². The zero-order chi connectivity index (χ0) is 19.3. The highest BCUT2D eigenvalue weighted by atomic mass is 16.4. The molecule has 1 heterocycles. The number of benzene rings is 1. The Morgan fingerprint density at radius 3 is 2.41 bits per heavy atom. The molecule has 0 bridgehead atoms. The molecule has 6 nitrogen and oxygen atoms in total. The van der Waals surface area contributed by atoms with Crippen molar-refractivity contribution in [2.75, 3.05) is 0 Å². The Kier molecular flexibility index (Phi) is 5.94. The van der Waals surface area contributed by atoms with Gasteiger partial charge in [-0.3, -0.25) is 9.59 Å². The molecule has 1 aliphatic carbocycles. The molecule has 0 aliphatic heterocycles. The van der Waals surface area contributed by atoms with Crippen molar-refractivity contribution in [3.8, 4) is 5.69 Å². The third-order valence-corrected chi connectivity index (χ3v) is 5.59. The van der Waals surface area contributed by atoms with Gasteiger partial charge < -0.3 is 15.0 Å². The number of nitrogens with zero attached hydrogens (tertiary/aromatic N) is 2. The summed E-state index contributed by atoms with van der Waals surface area (Å²) in [5.74, 6) is -1.03. The van der Waals surface area contributed by atoms with Gasteiger partial charge in [0.05, 0.1) is 17.8 Å². The highest BCUT2D eigenvalue weighted by Crippen LogP contribution is 2.38. The number of carbonyl (C=O) groups is 2. The zero-order valence-corrected chi connectivity index (χ0v) is 15.7. The van der Waals surface area contributed by atoms with E-state index in [0.717, 1.165) is 36.9 Å². The molecule has 1 aromatic heterocycles. The van der Waals surface area contributed by atoms with E-state index < -0.39 is 11.4 Å². The normalized spacial score (nSPS) is 17.7. The number of hydrogen-bond donors (Lipinski definition) is 2. The third kappa shape index (κ3) is 4.56. The minimum atomic E-state index is -0.911. The smallest absolute Gasteiger partial charge is 0.310 e. The number of nitrogens with one attached hydrogen (secondary N) is 1. The summed E-state index contributed by atoms with van der Waals surface area (Å²) in [6, 6.07) is 7.72. The number of aliphatic carboxylic acids is 1. The fraction of sp³-hybridized carbons (Fsp3) is 0.476. The molecule has 1 aliphatic rings. The maximum Gasteiger partial charge on any atom is 0.310 e. The van der Waals surface area contributed by atoms with Crippen LogP contribution < -0.4 is 5.32 Å². The molecule has 1 amide bonds. The number of carboxylic acids is 1. The zero-order valence-electron chi connectivity index (χ0n) is 15.7. The maximum atomic E-state index is 12.6. The summed E-state index contributed by atoms with van der Waals surface area (Å²) in [7, 11) is 0. The monoisotopic (exact) mass is 369 g/mol.